The summed E-state index contributed by atoms with van der Waals surface area (Å²) in [6.07, 6.45) is 5.06. The maximum absolute atomic E-state index is 12.3. The van der Waals surface area contributed by atoms with Gasteiger partial charge >= 0.3 is 0 Å². The van der Waals surface area contributed by atoms with Crippen LogP contribution < -0.4 is 5.43 Å². The molecule has 0 radical (unpaired) electrons. The van der Waals surface area contributed by atoms with Crippen LogP contribution in [0.5, 0.6) is 0 Å². The summed E-state index contributed by atoms with van der Waals surface area (Å²) in [5.41, 5.74) is 6.17. The summed E-state index contributed by atoms with van der Waals surface area (Å²) >= 11 is 5.95. The topological polar surface area (TPSA) is 83.1 Å². The molecule has 4 aromatic rings. The van der Waals surface area contributed by atoms with Gasteiger partial charge in [-0.25, -0.2) is 10.4 Å². The summed E-state index contributed by atoms with van der Waals surface area (Å²) < 4.78 is 2.06. The number of hydrogen-bond donors (Lipinski definition) is 1. The first kappa shape index (κ1) is 19.4. The lowest BCUT2D eigenvalue weighted by molar-refractivity contribution is 0.0955. The van der Waals surface area contributed by atoms with Gasteiger partial charge in [0, 0.05) is 35.4 Å². The Morgan fingerprint density at radius 2 is 1.97 bits per heavy atom. The molecule has 0 saturated heterocycles. The van der Waals surface area contributed by atoms with Crippen molar-refractivity contribution in [1.82, 2.24) is 15.0 Å². The van der Waals surface area contributed by atoms with Crippen molar-refractivity contribution in [2.75, 3.05) is 0 Å². The third-order valence-corrected chi connectivity index (χ3v) is 4.97. The number of amides is 1. The van der Waals surface area contributed by atoms with Crippen molar-refractivity contribution in [2.24, 2.45) is 5.10 Å². The number of carbonyl (C=O) groups is 1. The Kier molecular flexibility index (Phi) is 5.55. The van der Waals surface area contributed by atoms with Gasteiger partial charge in [0.05, 0.1) is 23.4 Å². The van der Waals surface area contributed by atoms with Crippen LogP contribution in [0.25, 0.3) is 10.9 Å². The average molecular weight is 414 g/mol. The number of nitrogens with one attached hydrogen (secondary N) is 1. The Bertz CT molecular complexity index is 1300. The minimum Gasteiger partial charge on any atom is -0.342 e. The molecule has 0 bridgehead atoms. The molecule has 2 aromatic carbocycles. The van der Waals surface area contributed by atoms with Crippen molar-refractivity contribution in [1.29, 1.82) is 5.26 Å². The van der Waals surface area contributed by atoms with Gasteiger partial charge in [-0.3, -0.25) is 4.79 Å². The maximum atomic E-state index is 12.3. The fourth-order valence-corrected chi connectivity index (χ4v) is 3.44. The van der Waals surface area contributed by atoms with Gasteiger partial charge in [0.2, 0.25) is 0 Å². The second-order valence-corrected chi connectivity index (χ2v) is 6.90. The summed E-state index contributed by atoms with van der Waals surface area (Å²) in [6.45, 7) is 0.551. The third-order valence-electron chi connectivity index (χ3n) is 4.67. The highest BCUT2D eigenvalue weighted by Crippen LogP contribution is 2.22. The van der Waals surface area contributed by atoms with E-state index in [1.165, 1.54) is 6.20 Å². The molecule has 0 aliphatic rings. The van der Waals surface area contributed by atoms with Crippen LogP contribution in [0.4, 0.5) is 0 Å². The molecular formula is C23H16ClN5O. The number of rotatable bonds is 5. The van der Waals surface area contributed by atoms with E-state index < -0.39 is 5.91 Å². The maximum Gasteiger partial charge on any atom is 0.274 e. The SMILES string of the molecule is N#Cc1ccccc1Cn1cc(C=NNC(=O)c2cccnc2Cl)c2ccccc21. The quantitative estimate of drug-likeness (QED) is 0.299. The lowest BCUT2D eigenvalue weighted by Crippen LogP contribution is -2.18. The van der Waals surface area contributed by atoms with Crippen molar-refractivity contribution in [3.63, 3.8) is 0 Å². The van der Waals surface area contributed by atoms with E-state index in [1.807, 2.05) is 54.7 Å². The molecule has 2 aromatic heterocycles. The largest absolute Gasteiger partial charge is 0.342 e. The van der Waals surface area contributed by atoms with E-state index >= 15 is 0 Å². The van der Waals surface area contributed by atoms with Gasteiger partial charge in [-0.15, -0.1) is 0 Å². The first-order chi connectivity index (χ1) is 14.7. The third kappa shape index (κ3) is 3.93. The molecular weight excluding hydrogens is 398 g/mol. The lowest BCUT2D eigenvalue weighted by atomic mass is 10.1. The van der Waals surface area contributed by atoms with E-state index in [0.717, 1.165) is 22.0 Å². The molecule has 6 nitrogen and oxygen atoms in total. The number of hydrazone groups is 1. The molecule has 0 spiro atoms. The van der Waals surface area contributed by atoms with Crippen LogP contribution in [-0.2, 0) is 6.54 Å². The molecule has 0 fully saturated rings. The zero-order valence-electron chi connectivity index (χ0n) is 15.8. The minimum absolute atomic E-state index is 0.123. The number of hydrogen-bond acceptors (Lipinski definition) is 4. The minimum atomic E-state index is -0.434. The number of nitrogens with zero attached hydrogens (tertiary/aromatic N) is 4. The molecule has 2 heterocycles. The number of aromatic nitrogens is 2. The normalized spacial score (nSPS) is 10.9. The van der Waals surface area contributed by atoms with Crippen molar-refractivity contribution >= 4 is 34.6 Å². The number of halogens is 1. The highest BCUT2D eigenvalue weighted by atomic mass is 35.5. The number of fused-ring (bicyclic) bond motifs is 1. The van der Waals surface area contributed by atoms with Gasteiger partial charge < -0.3 is 4.57 Å². The molecule has 0 atom stereocenters. The molecule has 1 N–H and O–H groups in total. The van der Waals surface area contributed by atoms with Crippen molar-refractivity contribution in [3.8, 4) is 6.07 Å². The fourth-order valence-electron chi connectivity index (χ4n) is 3.24. The van der Waals surface area contributed by atoms with Crippen molar-refractivity contribution < 1.29 is 4.79 Å². The second kappa shape index (κ2) is 8.60. The molecule has 1 amide bonds. The molecule has 146 valence electrons. The van der Waals surface area contributed by atoms with E-state index in [1.54, 1.807) is 18.3 Å². The van der Waals surface area contributed by atoms with E-state index in [-0.39, 0.29) is 10.7 Å². The number of para-hydroxylation sites is 1. The summed E-state index contributed by atoms with van der Waals surface area (Å²) in [5, 5.41) is 14.6. The van der Waals surface area contributed by atoms with Crippen LogP contribution in [0.3, 0.4) is 0 Å². The van der Waals surface area contributed by atoms with E-state index in [4.69, 9.17) is 11.6 Å². The van der Waals surface area contributed by atoms with Gasteiger partial charge in [-0.1, -0.05) is 48.0 Å². The molecule has 0 saturated carbocycles. The monoisotopic (exact) mass is 413 g/mol. The second-order valence-electron chi connectivity index (χ2n) is 6.54. The molecule has 0 aliphatic heterocycles. The molecule has 7 heteroatoms. The van der Waals surface area contributed by atoms with Gasteiger partial charge in [0.1, 0.15) is 5.15 Å². The Morgan fingerprint density at radius 1 is 1.17 bits per heavy atom. The Hall–Kier alpha value is -3.95. The Balaban J connectivity index is 1.61. The zero-order valence-corrected chi connectivity index (χ0v) is 16.5. The molecule has 30 heavy (non-hydrogen) atoms. The lowest BCUT2D eigenvalue weighted by Gasteiger charge is -2.07. The smallest absolute Gasteiger partial charge is 0.274 e. The molecule has 0 unspecified atom stereocenters. The van der Waals surface area contributed by atoms with Gasteiger partial charge in [0.25, 0.3) is 5.91 Å². The van der Waals surface area contributed by atoms with Crippen LogP contribution in [0.2, 0.25) is 5.15 Å². The summed E-state index contributed by atoms with van der Waals surface area (Å²) in [6, 6.07) is 20.9. The molecule has 0 aliphatic carbocycles. The first-order valence-corrected chi connectivity index (χ1v) is 9.55. The van der Waals surface area contributed by atoms with Gasteiger partial charge in [-0.05, 0) is 29.8 Å². The van der Waals surface area contributed by atoms with E-state index in [9.17, 15) is 10.1 Å². The fraction of sp³-hybridized carbons (Fsp3) is 0.0435. The number of benzene rings is 2. The standard InChI is InChI=1S/C23H16ClN5O/c24-22-20(9-5-11-26-22)23(30)28-27-13-18-15-29(21-10-4-3-8-19(18)21)14-17-7-2-1-6-16(17)12-25/h1-11,13,15H,14H2,(H,28,30). The predicted octanol–water partition coefficient (Wildman–Crippen LogP) is 4.37. The number of pyridine rings is 1. The van der Waals surface area contributed by atoms with Crippen molar-refractivity contribution in [3.05, 3.63) is 100 Å². The highest BCUT2D eigenvalue weighted by molar-refractivity contribution is 6.32. The Labute approximate surface area is 178 Å². The highest BCUT2D eigenvalue weighted by Gasteiger charge is 2.11. The summed E-state index contributed by atoms with van der Waals surface area (Å²) in [4.78, 5) is 16.1. The van der Waals surface area contributed by atoms with Crippen molar-refractivity contribution in [2.45, 2.75) is 6.54 Å². The van der Waals surface area contributed by atoms with Gasteiger partial charge in [-0.2, -0.15) is 10.4 Å². The molecule has 4 rings (SSSR count). The average Bonchev–Trinajstić information content (AvgIpc) is 3.12. The summed E-state index contributed by atoms with van der Waals surface area (Å²) in [5.74, 6) is -0.434. The number of nitriles is 1. The first-order valence-electron chi connectivity index (χ1n) is 9.17. The zero-order chi connectivity index (χ0) is 20.9. The van der Waals surface area contributed by atoms with E-state index in [0.29, 0.717) is 12.1 Å². The van der Waals surface area contributed by atoms with Gasteiger partial charge in [0.15, 0.2) is 0 Å². The van der Waals surface area contributed by atoms with E-state index in [2.05, 4.69) is 26.1 Å². The van der Waals surface area contributed by atoms with Crippen LogP contribution in [0, 0.1) is 11.3 Å². The predicted molar refractivity (Wildman–Crippen MR) is 117 cm³/mol. The van der Waals surface area contributed by atoms with Crippen LogP contribution in [0.15, 0.2) is 78.2 Å². The Morgan fingerprint density at radius 3 is 2.80 bits per heavy atom. The van der Waals surface area contributed by atoms with Crippen LogP contribution >= 0.6 is 11.6 Å². The van der Waals surface area contributed by atoms with Crippen LogP contribution in [0.1, 0.15) is 27.0 Å². The summed E-state index contributed by atoms with van der Waals surface area (Å²) in [7, 11) is 0. The number of carbonyl (C=O) groups excluding carboxylic acids is 1. The van der Waals surface area contributed by atoms with Crippen LogP contribution in [-0.4, -0.2) is 21.7 Å².